The van der Waals surface area contributed by atoms with Crippen molar-refractivity contribution in [2.45, 2.75) is 37.8 Å². The second-order valence-corrected chi connectivity index (χ2v) is 11.2. The van der Waals surface area contributed by atoms with Crippen molar-refractivity contribution in [1.82, 2.24) is 9.78 Å². The molecule has 2 atom stereocenters. The number of halogens is 2. The molecule has 1 aliphatic heterocycles. The number of rotatable bonds is 9. The van der Waals surface area contributed by atoms with Gasteiger partial charge < -0.3 is 22.0 Å². The predicted octanol–water partition coefficient (Wildman–Crippen LogP) is 2.55. The smallest absolute Gasteiger partial charge is 0.274 e. The average Bonchev–Trinajstić information content (AvgIpc) is 3.28. The first-order chi connectivity index (χ1) is 20.7. The van der Waals surface area contributed by atoms with E-state index in [0.717, 1.165) is 66.7 Å². The zero-order valence-corrected chi connectivity index (χ0v) is 24.9. The van der Waals surface area contributed by atoms with Gasteiger partial charge in [-0.1, -0.05) is 91.0 Å². The van der Waals surface area contributed by atoms with E-state index in [4.69, 9.17) is 9.84 Å². The van der Waals surface area contributed by atoms with E-state index in [1.165, 1.54) is 17.0 Å². The Morgan fingerprint density at radius 3 is 2.12 bits per heavy atom. The maximum atomic E-state index is 13.6. The van der Waals surface area contributed by atoms with E-state index in [9.17, 15) is 9.18 Å². The molecule has 4 aromatic carbocycles. The fraction of sp³-hybridized carbons (Fsp3) is 0.278. The second kappa shape index (κ2) is 14.6. The lowest BCUT2D eigenvalue weighted by molar-refractivity contribution is -0.899. The van der Waals surface area contributed by atoms with Crippen LogP contribution in [-0.2, 0) is 11.2 Å². The quantitative estimate of drug-likeness (QED) is 0.284. The summed E-state index contributed by atoms with van der Waals surface area (Å²) in [4.78, 5) is 15.1. The first kappa shape index (κ1) is 30.6. The predicted molar refractivity (Wildman–Crippen MR) is 164 cm³/mol. The molecule has 0 bridgehead atoms. The number of aromatic nitrogens is 2. The standard InChI is InChI=1S/C36H36FN3O2.ClH/c37-30-19-17-27(18-20-30)26-34-32-15-7-8-16-33(32)36(41)40(38-34)31-14-9-22-39(23-21-31)24-25-42-35(28-10-3-1-4-11-28)29-12-5-2-6-13-29;/h1-8,10-13,15-20,31,35H,9,14,21-26H2;1H. The Balaban J connectivity index is 0.00000368. The summed E-state index contributed by atoms with van der Waals surface area (Å²) in [6, 6.07) is 35.1. The van der Waals surface area contributed by atoms with E-state index in [0.29, 0.717) is 18.4 Å². The average molecular weight is 598 g/mol. The molecule has 2 unspecified atom stereocenters. The molecule has 0 aliphatic carbocycles. The Bertz CT molecular complexity index is 1620. The van der Waals surface area contributed by atoms with E-state index in [-0.39, 0.29) is 35.9 Å². The van der Waals surface area contributed by atoms with Gasteiger partial charge in [-0.25, -0.2) is 9.07 Å². The fourth-order valence-corrected chi connectivity index (χ4v) is 6.13. The van der Waals surface area contributed by atoms with E-state index >= 15 is 0 Å². The van der Waals surface area contributed by atoms with Crippen LogP contribution in [0.2, 0.25) is 0 Å². The number of ether oxygens (including phenoxy) is 1. The van der Waals surface area contributed by atoms with Crippen LogP contribution in [0.15, 0.2) is 114 Å². The number of fused-ring (bicyclic) bond motifs is 1. The molecule has 2 heterocycles. The van der Waals surface area contributed by atoms with E-state index in [2.05, 4.69) is 48.5 Å². The number of likely N-dealkylation sites (tertiary alicyclic amines) is 1. The minimum absolute atomic E-state index is 0. The number of quaternary nitrogens is 1. The van der Waals surface area contributed by atoms with Crippen molar-refractivity contribution < 1.29 is 26.4 Å². The van der Waals surface area contributed by atoms with Crippen molar-refractivity contribution in [3.63, 3.8) is 0 Å². The van der Waals surface area contributed by atoms with Crippen LogP contribution in [0.25, 0.3) is 10.8 Å². The number of nitrogens with one attached hydrogen (secondary N) is 1. The third-order valence-corrected chi connectivity index (χ3v) is 8.38. The lowest BCUT2D eigenvalue weighted by atomic mass is 10.0. The van der Waals surface area contributed by atoms with Crippen LogP contribution >= 0.6 is 0 Å². The SMILES string of the molecule is O=c1c2ccccc2c(Cc2ccc(F)cc2)nn1C1CCC[NH+](CCOC(c2ccccc2)c2ccccc2)CC1.[Cl-]. The van der Waals surface area contributed by atoms with Crippen LogP contribution in [0.3, 0.4) is 0 Å². The van der Waals surface area contributed by atoms with Crippen molar-refractivity contribution in [3.8, 4) is 0 Å². The van der Waals surface area contributed by atoms with E-state index in [1.807, 2.05) is 36.4 Å². The molecule has 0 radical (unpaired) electrons. The number of benzene rings is 4. The zero-order valence-electron chi connectivity index (χ0n) is 24.2. The highest BCUT2D eigenvalue weighted by Gasteiger charge is 2.24. The molecule has 1 saturated heterocycles. The topological polar surface area (TPSA) is 48.6 Å². The molecule has 1 aromatic heterocycles. The van der Waals surface area contributed by atoms with Gasteiger partial charge in [0, 0.05) is 18.2 Å². The second-order valence-electron chi connectivity index (χ2n) is 11.2. The normalized spacial score (nSPS) is 17.0. The van der Waals surface area contributed by atoms with Gasteiger partial charge in [0.1, 0.15) is 18.5 Å². The summed E-state index contributed by atoms with van der Waals surface area (Å²) in [5.41, 5.74) is 4.12. The summed E-state index contributed by atoms with van der Waals surface area (Å²) in [7, 11) is 0. The summed E-state index contributed by atoms with van der Waals surface area (Å²) < 4.78 is 21.8. The Labute approximate surface area is 258 Å². The maximum Gasteiger partial charge on any atom is 0.274 e. The summed E-state index contributed by atoms with van der Waals surface area (Å²) in [5.74, 6) is -0.256. The fourth-order valence-electron chi connectivity index (χ4n) is 6.13. The van der Waals surface area contributed by atoms with Crippen LogP contribution in [-0.4, -0.2) is 36.0 Å². The Hall–Kier alpha value is -3.84. The monoisotopic (exact) mass is 597 g/mol. The van der Waals surface area contributed by atoms with Crippen LogP contribution in [0, 0.1) is 5.82 Å². The molecule has 5 nitrogen and oxygen atoms in total. The highest BCUT2D eigenvalue weighted by Crippen LogP contribution is 2.26. The van der Waals surface area contributed by atoms with Crippen LogP contribution in [0.4, 0.5) is 4.39 Å². The molecule has 43 heavy (non-hydrogen) atoms. The minimum Gasteiger partial charge on any atom is -1.00 e. The van der Waals surface area contributed by atoms with Crippen molar-refractivity contribution >= 4 is 10.8 Å². The van der Waals surface area contributed by atoms with Gasteiger partial charge in [0.25, 0.3) is 5.56 Å². The molecular formula is C36H37ClFN3O2. The van der Waals surface area contributed by atoms with Gasteiger partial charge >= 0.3 is 0 Å². The van der Waals surface area contributed by atoms with E-state index in [1.54, 1.807) is 16.8 Å². The highest BCUT2D eigenvalue weighted by molar-refractivity contribution is 5.83. The summed E-state index contributed by atoms with van der Waals surface area (Å²) >= 11 is 0. The Kier molecular flexibility index (Phi) is 10.4. The third kappa shape index (κ3) is 7.39. The van der Waals surface area contributed by atoms with Gasteiger partial charge in [-0.2, -0.15) is 5.10 Å². The molecule has 0 spiro atoms. The number of hydrogen-bond donors (Lipinski definition) is 1. The van der Waals surface area contributed by atoms with Crippen LogP contribution in [0.1, 0.15) is 53.8 Å². The van der Waals surface area contributed by atoms with Gasteiger partial charge in [0.05, 0.1) is 36.8 Å². The molecule has 1 N–H and O–H groups in total. The molecule has 0 amide bonds. The molecule has 1 aliphatic rings. The van der Waals surface area contributed by atoms with E-state index < -0.39 is 0 Å². The highest BCUT2D eigenvalue weighted by atomic mass is 35.5. The van der Waals surface area contributed by atoms with Crippen molar-refractivity contribution in [1.29, 1.82) is 0 Å². The Morgan fingerprint density at radius 1 is 0.814 bits per heavy atom. The minimum atomic E-state index is -0.256. The van der Waals surface area contributed by atoms with Crippen LogP contribution in [0.5, 0.6) is 0 Å². The van der Waals surface area contributed by atoms with Crippen LogP contribution < -0.4 is 22.9 Å². The lowest BCUT2D eigenvalue weighted by Crippen LogP contribution is -3.12. The van der Waals surface area contributed by atoms with Gasteiger partial charge in [-0.3, -0.25) is 4.79 Å². The van der Waals surface area contributed by atoms with Gasteiger partial charge in [0.2, 0.25) is 0 Å². The van der Waals surface area contributed by atoms with Gasteiger partial charge in [0.15, 0.2) is 0 Å². The van der Waals surface area contributed by atoms with Gasteiger partial charge in [-0.15, -0.1) is 0 Å². The van der Waals surface area contributed by atoms with Gasteiger partial charge in [-0.05, 0) is 47.7 Å². The maximum absolute atomic E-state index is 13.6. The number of nitrogens with zero attached hydrogens (tertiary/aromatic N) is 2. The molecule has 222 valence electrons. The molecule has 1 fully saturated rings. The molecular weight excluding hydrogens is 561 g/mol. The lowest BCUT2D eigenvalue weighted by Gasteiger charge is -2.22. The molecule has 7 heteroatoms. The largest absolute Gasteiger partial charge is 1.00 e. The number of hydrogen-bond acceptors (Lipinski definition) is 3. The van der Waals surface area contributed by atoms with Crippen molar-refractivity contribution in [3.05, 3.63) is 148 Å². The molecule has 0 saturated carbocycles. The first-order valence-electron chi connectivity index (χ1n) is 15.0. The van der Waals surface area contributed by atoms with Crippen molar-refractivity contribution in [2.24, 2.45) is 0 Å². The van der Waals surface area contributed by atoms with Crippen molar-refractivity contribution in [2.75, 3.05) is 26.2 Å². The first-order valence-corrected chi connectivity index (χ1v) is 15.0. The molecule has 5 aromatic rings. The summed E-state index contributed by atoms with van der Waals surface area (Å²) in [6.45, 7) is 3.58. The summed E-state index contributed by atoms with van der Waals surface area (Å²) in [6.07, 6.45) is 3.28. The third-order valence-electron chi connectivity index (χ3n) is 8.38. The summed E-state index contributed by atoms with van der Waals surface area (Å²) in [5, 5.41) is 6.50. The zero-order chi connectivity index (χ0) is 28.7. The molecule has 6 rings (SSSR count). The Morgan fingerprint density at radius 2 is 1.44 bits per heavy atom.